The largest absolute Gasteiger partial charge is 0.481 e. The molecule has 1 aromatic carbocycles. The second kappa shape index (κ2) is 9.88. The molecule has 1 aromatic rings. The van der Waals surface area contributed by atoms with Crippen LogP contribution in [0, 0.1) is 5.82 Å². The van der Waals surface area contributed by atoms with Crippen molar-refractivity contribution in [3.63, 3.8) is 0 Å². The fourth-order valence-corrected chi connectivity index (χ4v) is 5.29. The Labute approximate surface area is 187 Å². The molecule has 0 saturated heterocycles. The molecule has 0 radical (unpaired) electrons. The first-order valence-electron chi connectivity index (χ1n) is 11.9. The van der Waals surface area contributed by atoms with Gasteiger partial charge in [-0.15, -0.1) is 0 Å². The van der Waals surface area contributed by atoms with Crippen molar-refractivity contribution in [2.24, 2.45) is 0 Å². The summed E-state index contributed by atoms with van der Waals surface area (Å²) < 4.78 is 15.1. The average Bonchev–Trinajstić information content (AvgIpc) is 3.26. The van der Waals surface area contributed by atoms with Gasteiger partial charge in [0.05, 0.1) is 16.9 Å². The van der Waals surface area contributed by atoms with Crippen LogP contribution in [0.4, 0.5) is 15.8 Å². The first-order chi connectivity index (χ1) is 15.4. The minimum Gasteiger partial charge on any atom is -0.481 e. The van der Waals surface area contributed by atoms with Gasteiger partial charge in [0.25, 0.3) is 5.91 Å². The van der Waals surface area contributed by atoms with Crippen LogP contribution in [0.1, 0.15) is 81.0 Å². The third kappa shape index (κ3) is 4.89. The molecule has 2 amide bonds. The van der Waals surface area contributed by atoms with E-state index in [1.54, 1.807) is 11.0 Å². The standard InChI is InChI=1S/C24H32FN3O4/c25-19-13-18-21(14-20(19)26-16-7-2-1-3-8-16)28(17-9-4-5-10-17)22(29)15-27(24(18)32)12-6-11-23(30)31/h13-14,16-17,26H,1-12,15H2,(H,30,31). The molecule has 2 N–H and O–H groups in total. The van der Waals surface area contributed by atoms with Crippen LogP contribution in [-0.4, -0.2) is 53.0 Å². The Kier molecular flexibility index (Phi) is 6.96. The molecule has 8 heteroatoms. The van der Waals surface area contributed by atoms with Gasteiger partial charge >= 0.3 is 5.97 Å². The summed E-state index contributed by atoms with van der Waals surface area (Å²) in [7, 11) is 0. The number of halogens is 1. The summed E-state index contributed by atoms with van der Waals surface area (Å²) in [5.74, 6) is -2.04. The number of anilines is 2. The number of hydrogen-bond donors (Lipinski definition) is 2. The second-order valence-corrected chi connectivity index (χ2v) is 9.25. The van der Waals surface area contributed by atoms with Crippen LogP contribution >= 0.6 is 0 Å². The second-order valence-electron chi connectivity index (χ2n) is 9.25. The molecule has 0 aromatic heterocycles. The van der Waals surface area contributed by atoms with Crippen molar-refractivity contribution in [3.05, 3.63) is 23.5 Å². The van der Waals surface area contributed by atoms with E-state index in [0.29, 0.717) is 11.4 Å². The molecule has 3 aliphatic rings. The van der Waals surface area contributed by atoms with Crippen LogP contribution in [0.3, 0.4) is 0 Å². The van der Waals surface area contributed by atoms with Gasteiger partial charge in [-0.3, -0.25) is 14.4 Å². The predicted octanol–water partition coefficient (Wildman–Crippen LogP) is 4.17. The number of carboxylic acids is 1. The first-order valence-corrected chi connectivity index (χ1v) is 11.9. The Morgan fingerprint density at radius 2 is 1.75 bits per heavy atom. The number of aliphatic carboxylic acids is 1. The Morgan fingerprint density at radius 1 is 1.06 bits per heavy atom. The molecule has 4 rings (SSSR count). The van der Waals surface area contributed by atoms with Gasteiger partial charge in [-0.05, 0) is 44.2 Å². The van der Waals surface area contributed by atoms with E-state index < -0.39 is 17.7 Å². The smallest absolute Gasteiger partial charge is 0.303 e. The van der Waals surface area contributed by atoms with E-state index in [1.165, 1.54) is 17.4 Å². The van der Waals surface area contributed by atoms with Gasteiger partial charge in [0, 0.05) is 25.0 Å². The molecule has 7 nitrogen and oxygen atoms in total. The van der Waals surface area contributed by atoms with E-state index in [0.717, 1.165) is 51.4 Å². The highest BCUT2D eigenvalue weighted by molar-refractivity contribution is 6.10. The van der Waals surface area contributed by atoms with Crippen LogP contribution < -0.4 is 10.2 Å². The Morgan fingerprint density at radius 3 is 2.44 bits per heavy atom. The molecule has 2 aliphatic carbocycles. The predicted molar refractivity (Wildman–Crippen MR) is 119 cm³/mol. The fourth-order valence-electron chi connectivity index (χ4n) is 5.29. The zero-order valence-corrected chi connectivity index (χ0v) is 18.4. The van der Waals surface area contributed by atoms with E-state index >= 15 is 4.39 Å². The number of rotatable bonds is 7. The van der Waals surface area contributed by atoms with E-state index in [-0.39, 0.29) is 49.5 Å². The van der Waals surface area contributed by atoms with Crippen molar-refractivity contribution in [1.82, 2.24) is 4.90 Å². The zero-order chi connectivity index (χ0) is 22.7. The number of carbonyl (C=O) groups is 3. The van der Waals surface area contributed by atoms with Crippen molar-refractivity contribution >= 4 is 29.2 Å². The van der Waals surface area contributed by atoms with Crippen LogP contribution in [0.2, 0.25) is 0 Å². The van der Waals surface area contributed by atoms with Crippen LogP contribution in [0.5, 0.6) is 0 Å². The maximum Gasteiger partial charge on any atom is 0.303 e. The van der Waals surface area contributed by atoms with Crippen molar-refractivity contribution < 1.29 is 23.9 Å². The minimum absolute atomic E-state index is 0.000936. The molecular formula is C24H32FN3O4. The molecule has 0 bridgehead atoms. The number of nitrogens with one attached hydrogen (secondary N) is 1. The Hall–Kier alpha value is -2.64. The molecule has 2 saturated carbocycles. The van der Waals surface area contributed by atoms with Crippen molar-refractivity contribution in [2.75, 3.05) is 23.3 Å². The normalized spacial score (nSPS) is 20.4. The molecule has 0 unspecified atom stereocenters. The van der Waals surface area contributed by atoms with E-state index in [1.807, 2.05) is 0 Å². The summed E-state index contributed by atoms with van der Waals surface area (Å²) in [6.45, 7) is 0.0369. The first kappa shape index (κ1) is 22.6. The summed E-state index contributed by atoms with van der Waals surface area (Å²) in [4.78, 5) is 40.6. The van der Waals surface area contributed by atoms with Gasteiger partial charge in [-0.1, -0.05) is 32.1 Å². The number of nitrogens with zero attached hydrogens (tertiary/aromatic N) is 2. The number of benzene rings is 1. The lowest BCUT2D eigenvalue weighted by Crippen LogP contribution is -2.43. The SMILES string of the molecule is O=C(O)CCCN1CC(=O)N(C2CCCC2)c2cc(NC3CCCCC3)c(F)cc2C1=O. The van der Waals surface area contributed by atoms with Gasteiger partial charge in [0.2, 0.25) is 5.91 Å². The highest BCUT2D eigenvalue weighted by atomic mass is 19.1. The van der Waals surface area contributed by atoms with Gasteiger partial charge < -0.3 is 20.2 Å². The molecule has 2 fully saturated rings. The quantitative estimate of drug-likeness (QED) is 0.658. The molecular weight excluding hydrogens is 413 g/mol. The number of amides is 2. The van der Waals surface area contributed by atoms with Crippen molar-refractivity contribution in [1.29, 1.82) is 0 Å². The molecule has 174 valence electrons. The lowest BCUT2D eigenvalue weighted by Gasteiger charge is -2.30. The third-order valence-electron chi connectivity index (χ3n) is 6.93. The fraction of sp³-hybridized carbons (Fsp3) is 0.625. The van der Waals surface area contributed by atoms with Gasteiger partial charge in [0.15, 0.2) is 0 Å². The van der Waals surface area contributed by atoms with E-state index in [2.05, 4.69) is 5.32 Å². The zero-order valence-electron chi connectivity index (χ0n) is 18.4. The summed E-state index contributed by atoms with van der Waals surface area (Å²) in [5.41, 5.74) is 1.01. The van der Waals surface area contributed by atoms with Gasteiger partial charge in [-0.2, -0.15) is 0 Å². The third-order valence-corrected chi connectivity index (χ3v) is 6.93. The topological polar surface area (TPSA) is 89.9 Å². The van der Waals surface area contributed by atoms with Crippen LogP contribution in [-0.2, 0) is 9.59 Å². The van der Waals surface area contributed by atoms with E-state index in [9.17, 15) is 14.4 Å². The van der Waals surface area contributed by atoms with Crippen LogP contribution in [0.25, 0.3) is 0 Å². The van der Waals surface area contributed by atoms with Crippen molar-refractivity contribution in [3.8, 4) is 0 Å². The molecule has 0 spiro atoms. The van der Waals surface area contributed by atoms with Crippen molar-refractivity contribution in [2.45, 2.75) is 82.7 Å². The van der Waals surface area contributed by atoms with Gasteiger partial charge in [0.1, 0.15) is 12.4 Å². The average molecular weight is 446 g/mol. The number of fused-ring (bicyclic) bond motifs is 1. The highest BCUT2D eigenvalue weighted by Crippen LogP contribution is 2.37. The Bertz CT molecular complexity index is 878. The Balaban J connectivity index is 1.67. The lowest BCUT2D eigenvalue weighted by atomic mass is 9.95. The van der Waals surface area contributed by atoms with Crippen LogP contribution in [0.15, 0.2) is 12.1 Å². The summed E-state index contributed by atoms with van der Waals surface area (Å²) >= 11 is 0. The molecule has 32 heavy (non-hydrogen) atoms. The summed E-state index contributed by atoms with van der Waals surface area (Å²) in [6, 6.07) is 3.10. The highest BCUT2D eigenvalue weighted by Gasteiger charge is 2.37. The lowest BCUT2D eigenvalue weighted by molar-refractivity contribution is -0.137. The number of carboxylic acid groups (broad SMARTS) is 1. The summed E-state index contributed by atoms with van der Waals surface area (Å²) in [6.07, 6.45) is 9.32. The van der Waals surface area contributed by atoms with Gasteiger partial charge in [-0.25, -0.2) is 4.39 Å². The number of carbonyl (C=O) groups excluding carboxylic acids is 2. The molecule has 1 aliphatic heterocycles. The molecule has 1 heterocycles. The summed E-state index contributed by atoms with van der Waals surface area (Å²) in [5, 5.41) is 12.2. The monoisotopic (exact) mass is 445 g/mol. The minimum atomic E-state index is -0.948. The number of hydrogen-bond acceptors (Lipinski definition) is 4. The van der Waals surface area contributed by atoms with E-state index in [4.69, 9.17) is 5.11 Å². The maximum atomic E-state index is 15.1. The molecule has 0 atom stereocenters. The maximum absolute atomic E-state index is 15.1.